The minimum atomic E-state index is -0.559. The molecule has 0 aliphatic carbocycles. The zero-order chi connectivity index (χ0) is 10.7. The summed E-state index contributed by atoms with van der Waals surface area (Å²) >= 11 is 0. The summed E-state index contributed by atoms with van der Waals surface area (Å²) in [5, 5.41) is 2.53. The Balaban J connectivity index is 3.09. The molecule has 0 unspecified atom stereocenters. The maximum absolute atomic E-state index is 10.6. The quantitative estimate of drug-likeness (QED) is 0.660. The van der Waals surface area contributed by atoms with Gasteiger partial charge in [0, 0.05) is 12.2 Å². The second kappa shape index (κ2) is 4.11. The number of anilines is 1. The number of benzene rings is 1. The molecular formula is C10H15N3O. The van der Waals surface area contributed by atoms with Crippen molar-refractivity contribution in [3.63, 3.8) is 0 Å². The van der Waals surface area contributed by atoms with E-state index in [0.29, 0.717) is 12.2 Å². The molecule has 0 aliphatic heterocycles. The van der Waals surface area contributed by atoms with E-state index in [9.17, 15) is 4.79 Å². The van der Waals surface area contributed by atoms with E-state index in [2.05, 4.69) is 5.32 Å². The zero-order valence-electron chi connectivity index (χ0n) is 8.42. The summed E-state index contributed by atoms with van der Waals surface area (Å²) in [4.78, 5) is 10.6. The van der Waals surface area contributed by atoms with Gasteiger partial charge < -0.3 is 16.8 Å². The van der Waals surface area contributed by atoms with E-state index in [1.165, 1.54) is 0 Å². The molecule has 2 amide bonds. The fourth-order valence-corrected chi connectivity index (χ4v) is 1.36. The van der Waals surface area contributed by atoms with E-state index in [1.807, 2.05) is 26.0 Å². The Kier molecular flexibility index (Phi) is 3.09. The first-order valence-corrected chi connectivity index (χ1v) is 4.41. The molecule has 0 radical (unpaired) electrons. The molecule has 0 saturated carbocycles. The topological polar surface area (TPSA) is 81.1 Å². The van der Waals surface area contributed by atoms with Crippen molar-refractivity contribution in [3.05, 3.63) is 28.8 Å². The number of nitrogens with two attached hydrogens (primary N) is 2. The molecule has 0 fully saturated rings. The normalized spacial score (nSPS) is 9.93. The van der Waals surface area contributed by atoms with Crippen LogP contribution in [0.3, 0.4) is 0 Å². The van der Waals surface area contributed by atoms with E-state index in [0.717, 1.165) is 16.7 Å². The summed E-state index contributed by atoms with van der Waals surface area (Å²) in [5.74, 6) is 0. The molecule has 4 heteroatoms. The third-order valence-corrected chi connectivity index (χ3v) is 2.26. The number of primary amides is 1. The molecule has 0 aromatic heterocycles. The van der Waals surface area contributed by atoms with Gasteiger partial charge >= 0.3 is 6.03 Å². The average Bonchev–Trinajstić information content (AvgIpc) is 2.10. The highest BCUT2D eigenvalue weighted by atomic mass is 16.2. The fourth-order valence-electron chi connectivity index (χ4n) is 1.36. The second-order valence-corrected chi connectivity index (χ2v) is 3.27. The third-order valence-electron chi connectivity index (χ3n) is 2.26. The lowest BCUT2D eigenvalue weighted by Crippen LogP contribution is -2.19. The van der Waals surface area contributed by atoms with Crippen LogP contribution in [0.25, 0.3) is 0 Å². The number of hydrogen-bond acceptors (Lipinski definition) is 2. The van der Waals surface area contributed by atoms with Gasteiger partial charge in [-0.25, -0.2) is 4.79 Å². The maximum Gasteiger partial charge on any atom is 0.316 e. The number of amides is 2. The molecule has 76 valence electrons. The molecule has 4 nitrogen and oxygen atoms in total. The van der Waals surface area contributed by atoms with Gasteiger partial charge in [0.25, 0.3) is 0 Å². The molecule has 0 spiro atoms. The second-order valence-electron chi connectivity index (χ2n) is 3.27. The molecule has 1 rings (SSSR count). The van der Waals surface area contributed by atoms with Gasteiger partial charge in [0.2, 0.25) is 0 Å². The van der Waals surface area contributed by atoms with Gasteiger partial charge in [-0.2, -0.15) is 0 Å². The summed E-state index contributed by atoms with van der Waals surface area (Å²) < 4.78 is 0. The number of nitrogens with one attached hydrogen (secondary N) is 1. The Bertz CT molecular complexity index is 361. The minimum absolute atomic E-state index is 0.459. The van der Waals surface area contributed by atoms with Gasteiger partial charge in [-0.05, 0) is 42.7 Å². The molecular weight excluding hydrogens is 178 g/mol. The van der Waals surface area contributed by atoms with Crippen molar-refractivity contribution in [2.75, 3.05) is 5.32 Å². The van der Waals surface area contributed by atoms with Gasteiger partial charge in [-0.15, -0.1) is 0 Å². The summed E-state index contributed by atoms with van der Waals surface area (Å²) in [7, 11) is 0. The van der Waals surface area contributed by atoms with Crippen LogP contribution in [0.15, 0.2) is 12.1 Å². The number of urea groups is 1. The largest absolute Gasteiger partial charge is 0.351 e. The molecule has 1 aromatic rings. The maximum atomic E-state index is 10.6. The predicted molar refractivity (Wildman–Crippen MR) is 57.0 cm³/mol. The number of aryl methyl sites for hydroxylation is 1. The highest BCUT2D eigenvalue weighted by Crippen LogP contribution is 2.19. The van der Waals surface area contributed by atoms with Crippen LogP contribution in [-0.4, -0.2) is 6.03 Å². The summed E-state index contributed by atoms with van der Waals surface area (Å²) in [6.45, 7) is 4.44. The van der Waals surface area contributed by atoms with Crippen molar-refractivity contribution in [1.29, 1.82) is 0 Å². The highest BCUT2D eigenvalue weighted by molar-refractivity contribution is 5.88. The van der Waals surface area contributed by atoms with Crippen LogP contribution < -0.4 is 16.8 Å². The van der Waals surface area contributed by atoms with Crippen LogP contribution in [0, 0.1) is 13.8 Å². The smallest absolute Gasteiger partial charge is 0.316 e. The zero-order valence-corrected chi connectivity index (χ0v) is 8.42. The molecule has 0 heterocycles. The Labute approximate surface area is 83.3 Å². The molecule has 5 N–H and O–H groups in total. The van der Waals surface area contributed by atoms with Gasteiger partial charge in [-0.3, -0.25) is 0 Å². The van der Waals surface area contributed by atoms with E-state index in [-0.39, 0.29) is 0 Å². The van der Waals surface area contributed by atoms with Crippen LogP contribution in [0.4, 0.5) is 10.5 Å². The SMILES string of the molecule is Cc1cc(NC(N)=O)cc(CN)c1C. The van der Waals surface area contributed by atoms with Crippen LogP contribution in [0.2, 0.25) is 0 Å². The first-order chi connectivity index (χ1) is 6.54. The number of hydrogen-bond donors (Lipinski definition) is 3. The molecule has 14 heavy (non-hydrogen) atoms. The van der Waals surface area contributed by atoms with Crippen LogP contribution >= 0.6 is 0 Å². The summed E-state index contributed by atoms with van der Waals surface area (Å²) in [5.41, 5.74) is 14.6. The highest BCUT2D eigenvalue weighted by Gasteiger charge is 2.04. The summed E-state index contributed by atoms with van der Waals surface area (Å²) in [6, 6.07) is 3.16. The molecule has 0 saturated heterocycles. The monoisotopic (exact) mass is 193 g/mol. The van der Waals surface area contributed by atoms with Crippen molar-refractivity contribution >= 4 is 11.7 Å². The van der Waals surface area contributed by atoms with Gasteiger partial charge in [-0.1, -0.05) is 0 Å². The Hall–Kier alpha value is -1.55. The average molecular weight is 193 g/mol. The number of carbonyl (C=O) groups is 1. The first kappa shape index (κ1) is 10.5. The Morgan fingerprint density at radius 1 is 1.43 bits per heavy atom. The van der Waals surface area contributed by atoms with Crippen molar-refractivity contribution in [1.82, 2.24) is 0 Å². The number of rotatable bonds is 2. The summed E-state index contributed by atoms with van der Waals surface area (Å²) in [6.07, 6.45) is 0. The van der Waals surface area contributed by atoms with Crippen molar-refractivity contribution in [2.45, 2.75) is 20.4 Å². The lowest BCUT2D eigenvalue weighted by Gasteiger charge is -2.10. The van der Waals surface area contributed by atoms with E-state index >= 15 is 0 Å². The first-order valence-electron chi connectivity index (χ1n) is 4.41. The van der Waals surface area contributed by atoms with E-state index in [1.54, 1.807) is 0 Å². The van der Waals surface area contributed by atoms with Crippen molar-refractivity contribution in [2.24, 2.45) is 11.5 Å². The Morgan fingerprint density at radius 3 is 2.57 bits per heavy atom. The van der Waals surface area contributed by atoms with Gasteiger partial charge in [0.05, 0.1) is 0 Å². The minimum Gasteiger partial charge on any atom is -0.351 e. The van der Waals surface area contributed by atoms with Crippen molar-refractivity contribution in [3.8, 4) is 0 Å². The van der Waals surface area contributed by atoms with Crippen LogP contribution in [-0.2, 0) is 6.54 Å². The Morgan fingerprint density at radius 2 is 2.07 bits per heavy atom. The standard InChI is InChI=1S/C10H15N3O/c1-6-3-9(13-10(12)14)4-8(5-11)7(6)2/h3-4H,5,11H2,1-2H3,(H3,12,13,14). The molecule has 1 aromatic carbocycles. The number of carbonyl (C=O) groups excluding carboxylic acids is 1. The molecule has 0 bridgehead atoms. The molecule has 0 aliphatic rings. The third kappa shape index (κ3) is 2.23. The molecule has 0 atom stereocenters. The van der Waals surface area contributed by atoms with Gasteiger partial charge in [0.1, 0.15) is 0 Å². The van der Waals surface area contributed by atoms with Crippen LogP contribution in [0.5, 0.6) is 0 Å². The van der Waals surface area contributed by atoms with Crippen molar-refractivity contribution < 1.29 is 4.79 Å². The lowest BCUT2D eigenvalue weighted by molar-refractivity contribution is 0.259. The van der Waals surface area contributed by atoms with E-state index < -0.39 is 6.03 Å². The predicted octanol–water partition coefficient (Wildman–Crippen LogP) is 1.25. The fraction of sp³-hybridized carbons (Fsp3) is 0.300. The van der Waals surface area contributed by atoms with Gasteiger partial charge in [0.15, 0.2) is 0 Å². The van der Waals surface area contributed by atoms with Crippen LogP contribution in [0.1, 0.15) is 16.7 Å². The lowest BCUT2D eigenvalue weighted by atomic mass is 10.0. The van der Waals surface area contributed by atoms with E-state index in [4.69, 9.17) is 11.5 Å².